The zero-order valence-corrected chi connectivity index (χ0v) is 60.4. The molecule has 516 valence electrons. The largest absolute Gasteiger partial charge is 0.543 e. The van der Waals surface area contributed by atoms with E-state index in [2.05, 4.69) is 38.8 Å². The Balaban J connectivity index is 0.977. The molecule has 0 amide bonds. The van der Waals surface area contributed by atoms with Crippen molar-refractivity contribution in [3.63, 3.8) is 0 Å². The number of hydrogen-bond donors (Lipinski definition) is 0. The van der Waals surface area contributed by atoms with E-state index in [9.17, 15) is 17.6 Å². The van der Waals surface area contributed by atoms with Crippen molar-refractivity contribution in [3.8, 4) is 73.3 Å². The van der Waals surface area contributed by atoms with Crippen molar-refractivity contribution in [2.75, 3.05) is 41.2 Å². The minimum atomic E-state index is -4.36. The highest BCUT2D eigenvalue weighted by Gasteiger charge is 2.41. The number of thiophene rings is 1. The van der Waals surface area contributed by atoms with Crippen LogP contribution < -0.4 is 32.8 Å². The summed E-state index contributed by atoms with van der Waals surface area (Å²) in [7, 11) is -2.00. The lowest BCUT2D eigenvalue weighted by molar-refractivity contribution is -0.151. The maximum Gasteiger partial charge on any atom is 0.347 e. The molecule has 3 aromatic heterocycles. The Kier molecular flexibility index (Phi) is 22.3. The van der Waals surface area contributed by atoms with E-state index in [-0.39, 0.29) is 52.8 Å². The lowest BCUT2D eigenvalue weighted by Gasteiger charge is -2.37. The van der Waals surface area contributed by atoms with Crippen LogP contribution in [-0.2, 0) is 47.2 Å². The Morgan fingerprint density at radius 2 is 1.31 bits per heavy atom. The molecule has 11 rings (SSSR count). The molecule has 0 bridgehead atoms. The molecule has 0 radical (unpaired) electrons. The van der Waals surface area contributed by atoms with Gasteiger partial charge < -0.3 is 42.3 Å². The average molecular weight is 1420 g/mol. The van der Waals surface area contributed by atoms with Crippen LogP contribution >= 0.6 is 22.9 Å². The Labute approximate surface area is 592 Å². The Bertz CT molecular complexity index is 4710. The molecule has 17 nitrogen and oxygen atoms in total. The van der Waals surface area contributed by atoms with Crippen LogP contribution in [0.2, 0.25) is 23.2 Å². The first-order chi connectivity index (χ1) is 48.1. The number of benzene rings is 8. The molecule has 8 aromatic carbocycles. The molecule has 0 aliphatic rings. The van der Waals surface area contributed by atoms with Gasteiger partial charge in [-0.1, -0.05) is 135 Å². The highest BCUT2D eigenvalue weighted by atomic mass is 35.5. The third-order valence-corrected chi connectivity index (χ3v) is 24.4. The van der Waals surface area contributed by atoms with Crippen LogP contribution in [-0.4, -0.2) is 96.0 Å². The van der Waals surface area contributed by atoms with Gasteiger partial charge in [0.2, 0.25) is 20.3 Å². The summed E-state index contributed by atoms with van der Waals surface area (Å²) >= 11 is 8.74. The van der Waals surface area contributed by atoms with E-state index in [4.69, 9.17) is 73.1 Å². The van der Waals surface area contributed by atoms with Gasteiger partial charge in [0.1, 0.15) is 76.4 Å². The second-order valence-corrected chi connectivity index (χ2v) is 32.7. The molecule has 100 heavy (non-hydrogen) atoms. The van der Waals surface area contributed by atoms with E-state index in [1.807, 2.05) is 128 Å². The molecule has 0 spiro atoms. The zero-order chi connectivity index (χ0) is 70.8. The number of carbonyl (C=O) groups excluding carboxylic acids is 1. The SMILES string of the molecule is CCOC(=O)[C@@H](Cc1cc(O[Si](C)(C)C(C)(C)C)ccc1OCc1ccnc(-c2ccccc2OC)n1)Oc1ncnc2sc(-c3ccc(F)cc3)c(-c3ccc(O[C@H](COC(c4ccccc4)(c4ccc(OC)cc4)c4ccc(OC)cc4)COS(=O)(=O)c4ccc(C)cc4)c(Cl)c3)c12. The van der Waals surface area contributed by atoms with Gasteiger partial charge in [0, 0.05) is 28.6 Å². The molecular formula is C78H76ClFN4O13S2Si. The number of ether oxygens (including phenoxy) is 8. The van der Waals surface area contributed by atoms with Gasteiger partial charge in [-0.05, 0) is 157 Å². The Morgan fingerprint density at radius 1 is 0.670 bits per heavy atom. The third kappa shape index (κ3) is 16.3. The van der Waals surface area contributed by atoms with Gasteiger partial charge >= 0.3 is 5.97 Å². The van der Waals surface area contributed by atoms with Gasteiger partial charge in [-0.2, -0.15) is 8.42 Å². The molecule has 3 heterocycles. The zero-order valence-electron chi connectivity index (χ0n) is 57.0. The van der Waals surface area contributed by atoms with Crippen LogP contribution in [0.15, 0.2) is 212 Å². The molecule has 0 aliphatic heterocycles. The normalized spacial score (nSPS) is 12.5. The smallest absolute Gasteiger partial charge is 0.347 e. The first kappa shape index (κ1) is 71.5. The van der Waals surface area contributed by atoms with Gasteiger partial charge in [-0.3, -0.25) is 4.18 Å². The summed E-state index contributed by atoms with van der Waals surface area (Å²) in [5.41, 5.74) is 5.22. The van der Waals surface area contributed by atoms with E-state index in [0.29, 0.717) is 83.2 Å². The number of fused-ring (bicyclic) bond motifs is 1. The van der Waals surface area contributed by atoms with Gasteiger partial charge in [0.25, 0.3) is 10.1 Å². The molecule has 0 aliphatic carbocycles. The molecule has 22 heteroatoms. The lowest BCUT2D eigenvalue weighted by Crippen LogP contribution is -2.43. The summed E-state index contributed by atoms with van der Waals surface area (Å²) in [6.07, 6.45) is 0.421. The van der Waals surface area contributed by atoms with Crippen molar-refractivity contribution in [2.45, 2.75) is 88.5 Å². The first-order valence-corrected chi connectivity index (χ1v) is 37.8. The third-order valence-electron chi connectivity index (χ3n) is 17.3. The average Bonchev–Trinajstić information content (AvgIpc) is 1.43. The summed E-state index contributed by atoms with van der Waals surface area (Å²) < 4.78 is 106. The summed E-state index contributed by atoms with van der Waals surface area (Å²) in [5, 5.41) is 0.351. The number of nitrogens with zero attached hydrogens (tertiary/aromatic N) is 4. The van der Waals surface area contributed by atoms with Crippen molar-refractivity contribution >= 4 is 57.6 Å². The number of carbonyl (C=O) groups is 1. The molecule has 0 saturated heterocycles. The van der Waals surface area contributed by atoms with Crippen LogP contribution in [0.4, 0.5) is 4.39 Å². The van der Waals surface area contributed by atoms with Gasteiger partial charge in [-0.15, -0.1) is 11.3 Å². The van der Waals surface area contributed by atoms with Crippen LogP contribution in [0.3, 0.4) is 0 Å². The summed E-state index contributed by atoms with van der Waals surface area (Å²) in [4.78, 5) is 34.5. The van der Waals surface area contributed by atoms with Crippen LogP contribution in [0, 0.1) is 12.7 Å². The standard InChI is InChI=1S/C78H76ClFN4O13S2Si/c1-11-91-76(85)69(45-53-43-61(97-100(9,10)77(3,4)5)36-40-66(53)92-46-58-41-42-81-73(84-58)64-19-15-16-20-67(64)90-8)96-74-71-70(72(98-75(71)83-49-82-74)51-23-30-57(80)31-24-51)52-25-39-68(65(79)44-52)95-62(48-94-99(86,87)63-37-21-50(2)22-38-63)47-93-78(54-17-13-12-14-18-54,55-26-32-59(88-6)33-27-55)56-28-34-60(89-7)35-29-56/h12-44,49,62,69H,11,45-48H2,1-10H3/t62-,69-/m1/s1. The maximum absolute atomic E-state index is 14.8. The van der Waals surface area contributed by atoms with Crippen LogP contribution in [0.1, 0.15) is 61.2 Å². The Hall–Kier alpha value is -9.74. The maximum atomic E-state index is 14.8. The molecule has 0 unspecified atom stereocenters. The molecule has 0 N–H and O–H groups in total. The second kappa shape index (κ2) is 31.2. The fourth-order valence-corrected chi connectivity index (χ4v) is 14.4. The predicted octanol–water partition coefficient (Wildman–Crippen LogP) is 17.3. The quantitative estimate of drug-likeness (QED) is 0.0186. The number of halogens is 2. The first-order valence-electron chi connectivity index (χ1n) is 32.3. The van der Waals surface area contributed by atoms with Crippen LogP contribution in [0.25, 0.3) is 43.2 Å². The summed E-state index contributed by atoms with van der Waals surface area (Å²) in [5.74, 6) is 2.35. The number of aromatic nitrogens is 4. The predicted molar refractivity (Wildman–Crippen MR) is 388 cm³/mol. The highest BCUT2D eigenvalue weighted by Crippen LogP contribution is 2.49. The van der Waals surface area contributed by atoms with Crippen molar-refractivity contribution in [1.82, 2.24) is 19.9 Å². The van der Waals surface area contributed by atoms with E-state index < -0.39 is 54.6 Å². The van der Waals surface area contributed by atoms with E-state index in [1.54, 1.807) is 83.0 Å². The van der Waals surface area contributed by atoms with Crippen LogP contribution in [0.5, 0.6) is 40.4 Å². The van der Waals surface area contributed by atoms with E-state index in [1.165, 1.54) is 41.9 Å². The second-order valence-electron chi connectivity index (χ2n) is 25.0. The van der Waals surface area contributed by atoms with Crippen molar-refractivity contribution in [1.29, 1.82) is 0 Å². The molecule has 11 aromatic rings. The number of aryl methyl sites for hydroxylation is 1. The minimum Gasteiger partial charge on any atom is -0.543 e. The highest BCUT2D eigenvalue weighted by molar-refractivity contribution is 7.86. The number of esters is 1. The van der Waals surface area contributed by atoms with Gasteiger partial charge in [-0.25, -0.2) is 29.1 Å². The molecule has 0 fully saturated rings. The molecule has 2 atom stereocenters. The monoisotopic (exact) mass is 1420 g/mol. The van der Waals surface area contributed by atoms with Crippen molar-refractivity contribution in [3.05, 3.63) is 251 Å². The minimum absolute atomic E-state index is 0.0245. The lowest BCUT2D eigenvalue weighted by atomic mass is 9.80. The van der Waals surface area contributed by atoms with Crippen molar-refractivity contribution in [2.24, 2.45) is 0 Å². The van der Waals surface area contributed by atoms with Gasteiger partial charge in [0.05, 0.1) is 61.1 Å². The molecule has 0 saturated carbocycles. The molecular weight excluding hydrogens is 1350 g/mol. The van der Waals surface area contributed by atoms with Crippen molar-refractivity contribution < 1.29 is 64.1 Å². The fraction of sp³-hybridized carbons (Fsp3) is 0.244. The summed E-state index contributed by atoms with van der Waals surface area (Å²) in [6.45, 7) is 13.6. The van der Waals surface area contributed by atoms with E-state index in [0.717, 1.165) is 22.3 Å². The number of methoxy groups -OCH3 is 3. The Morgan fingerprint density at radius 3 is 1.96 bits per heavy atom. The van der Waals surface area contributed by atoms with Gasteiger partial charge in [0.15, 0.2) is 5.82 Å². The topological polar surface area (TPSA) is 195 Å². The van der Waals surface area contributed by atoms with E-state index >= 15 is 0 Å². The number of hydrogen-bond acceptors (Lipinski definition) is 18. The summed E-state index contributed by atoms with van der Waals surface area (Å²) in [6, 6.07) is 56.9. The number of para-hydroxylation sites is 1. The number of rotatable bonds is 29. The fourth-order valence-electron chi connectivity index (χ4n) is 11.1.